The first kappa shape index (κ1) is 13.6. The number of hydrogen-bond donors (Lipinski definition) is 1. The van der Waals surface area contributed by atoms with E-state index in [1.54, 1.807) is 0 Å². The number of anilines is 1. The molecule has 0 aromatic carbocycles. The Morgan fingerprint density at radius 1 is 1.53 bits per heavy atom. The van der Waals surface area contributed by atoms with Crippen molar-refractivity contribution in [3.05, 3.63) is 23.9 Å². The summed E-state index contributed by atoms with van der Waals surface area (Å²) in [4.78, 5) is 16.2. The van der Waals surface area contributed by atoms with Gasteiger partial charge in [0.05, 0.1) is 13.2 Å². The third-order valence-electron chi connectivity index (χ3n) is 2.75. The van der Waals surface area contributed by atoms with E-state index in [9.17, 15) is 18.0 Å². The highest BCUT2D eigenvalue weighted by molar-refractivity contribution is 5.93. The minimum Gasteiger partial charge on any atom is -0.478 e. The number of carboxylic acid groups (broad SMARTS) is 1. The smallest absolute Gasteiger partial charge is 0.416 e. The monoisotopic (exact) mass is 276 g/mol. The molecule has 0 aliphatic carbocycles. The van der Waals surface area contributed by atoms with Crippen molar-refractivity contribution in [1.82, 2.24) is 4.98 Å². The molecule has 1 atom stereocenters. The van der Waals surface area contributed by atoms with E-state index < -0.39 is 24.8 Å². The second kappa shape index (κ2) is 5.04. The largest absolute Gasteiger partial charge is 0.478 e. The van der Waals surface area contributed by atoms with E-state index >= 15 is 0 Å². The van der Waals surface area contributed by atoms with E-state index in [0.717, 1.165) is 0 Å². The third-order valence-corrected chi connectivity index (χ3v) is 2.75. The van der Waals surface area contributed by atoms with Gasteiger partial charge in [0.1, 0.15) is 11.4 Å². The molecule has 0 amide bonds. The molecule has 1 aromatic heterocycles. The molecule has 1 fully saturated rings. The summed E-state index contributed by atoms with van der Waals surface area (Å²) in [7, 11) is 0. The maximum Gasteiger partial charge on any atom is 0.416 e. The quantitative estimate of drug-likeness (QED) is 0.888. The average Bonchev–Trinajstić information content (AvgIpc) is 2.38. The molecule has 2 heterocycles. The maximum absolute atomic E-state index is 12.6. The lowest BCUT2D eigenvalue weighted by molar-refractivity contribution is -0.221. The van der Waals surface area contributed by atoms with Gasteiger partial charge in [0.2, 0.25) is 0 Å². The van der Waals surface area contributed by atoms with Crippen LogP contribution in [0.15, 0.2) is 18.3 Å². The Morgan fingerprint density at radius 2 is 2.26 bits per heavy atom. The summed E-state index contributed by atoms with van der Waals surface area (Å²) in [6, 6.07) is 2.73. The van der Waals surface area contributed by atoms with Gasteiger partial charge in [0.15, 0.2) is 6.10 Å². The van der Waals surface area contributed by atoms with Crippen LogP contribution in [0.3, 0.4) is 0 Å². The Bertz CT molecular complexity index is 478. The van der Waals surface area contributed by atoms with Crippen molar-refractivity contribution in [3.63, 3.8) is 0 Å². The van der Waals surface area contributed by atoms with E-state index in [2.05, 4.69) is 9.72 Å². The standard InChI is InChI=1S/C11H11F3N2O3/c12-11(13,14)8-6-16(4-5-19-8)9-7(10(17)18)2-1-3-15-9/h1-3,8H,4-6H2,(H,17,18)/t8-/m1/s1. The molecule has 0 bridgehead atoms. The molecule has 1 saturated heterocycles. The molecular formula is C11H11F3N2O3. The van der Waals surface area contributed by atoms with Crippen LogP contribution in [0, 0.1) is 0 Å². The van der Waals surface area contributed by atoms with Crippen LogP contribution in [0.1, 0.15) is 10.4 Å². The predicted molar refractivity (Wildman–Crippen MR) is 59.2 cm³/mol. The molecule has 5 nitrogen and oxygen atoms in total. The number of hydrogen-bond acceptors (Lipinski definition) is 4. The first-order valence-electron chi connectivity index (χ1n) is 5.51. The van der Waals surface area contributed by atoms with Gasteiger partial charge >= 0.3 is 12.1 Å². The number of carboxylic acids is 1. The molecule has 1 N–H and O–H groups in total. The molecule has 19 heavy (non-hydrogen) atoms. The number of halogens is 3. The minimum absolute atomic E-state index is 0.0348. The lowest BCUT2D eigenvalue weighted by atomic mass is 10.2. The fraction of sp³-hybridized carbons (Fsp3) is 0.455. The van der Waals surface area contributed by atoms with Gasteiger partial charge in [0, 0.05) is 12.7 Å². The van der Waals surface area contributed by atoms with Gasteiger partial charge in [-0.15, -0.1) is 0 Å². The summed E-state index contributed by atoms with van der Waals surface area (Å²) in [6.45, 7) is -0.412. The Labute approximate surface area is 106 Å². The van der Waals surface area contributed by atoms with E-state index in [-0.39, 0.29) is 24.5 Å². The van der Waals surface area contributed by atoms with Crippen LogP contribution in [-0.4, -0.2) is 48.0 Å². The van der Waals surface area contributed by atoms with Gasteiger partial charge in [0.25, 0.3) is 0 Å². The van der Waals surface area contributed by atoms with Crippen molar-refractivity contribution in [2.75, 3.05) is 24.6 Å². The number of aromatic carboxylic acids is 1. The number of alkyl halides is 3. The van der Waals surface area contributed by atoms with Crippen molar-refractivity contribution in [1.29, 1.82) is 0 Å². The maximum atomic E-state index is 12.6. The second-order valence-corrected chi connectivity index (χ2v) is 4.03. The number of carbonyl (C=O) groups is 1. The molecule has 104 valence electrons. The van der Waals surface area contributed by atoms with Gasteiger partial charge in [-0.2, -0.15) is 13.2 Å². The van der Waals surface area contributed by atoms with E-state index in [1.807, 2.05) is 0 Å². The fourth-order valence-corrected chi connectivity index (χ4v) is 1.86. The highest BCUT2D eigenvalue weighted by Crippen LogP contribution is 2.28. The Morgan fingerprint density at radius 3 is 2.89 bits per heavy atom. The molecular weight excluding hydrogens is 265 g/mol. The predicted octanol–water partition coefficient (Wildman–Crippen LogP) is 1.55. The van der Waals surface area contributed by atoms with E-state index in [0.29, 0.717) is 0 Å². The minimum atomic E-state index is -4.48. The first-order valence-corrected chi connectivity index (χ1v) is 5.51. The zero-order chi connectivity index (χ0) is 14.0. The van der Waals surface area contributed by atoms with Crippen LogP contribution in [-0.2, 0) is 4.74 Å². The summed E-state index contributed by atoms with van der Waals surface area (Å²) >= 11 is 0. The Kier molecular flexibility index (Phi) is 3.61. The topological polar surface area (TPSA) is 62.7 Å². The molecule has 0 radical (unpaired) electrons. The third kappa shape index (κ3) is 2.95. The number of morpholine rings is 1. The van der Waals surface area contributed by atoms with Gasteiger partial charge < -0.3 is 14.7 Å². The molecule has 1 aliphatic heterocycles. The molecule has 1 aliphatic rings. The zero-order valence-electron chi connectivity index (χ0n) is 9.72. The Hall–Kier alpha value is -1.83. The summed E-state index contributed by atoms with van der Waals surface area (Å²) in [5, 5.41) is 9.00. The summed E-state index contributed by atoms with van der Waals surface area (Å²) in [5.41, 5.74) is -0.120. The first-order chi connectivity index (χ1) is 8.89. The normalized spacial score (nSPS) is 20.4. The molecule has 0 spiro atoms. The van der Waals surface area contributed by atoms with Crippen molar-refractivity contribution >= 4 is 11.8 Å². The van der Waals surface area contributed by atoms with Gasteiger partial charge in [-0.25, -0.2) is 9.78 Å². The van der Waals surface area contributed by atoms with Crippen LogP contribution < -0.4 is 4.90 Å². The van der Waals surface area contributed by atoms with Crippen molar-refractivity contribution in [2.24, 2.45) is 0 Å². The average molecular weight is 276 g/mol. The van der Waals surface area contributed by atoms with E-state index in [1.165, 1.54) is 23.2 Å². The van der Waals surface area contributed by atoms with Crippen LogP contribution >= 0.6 is 0 Å². The van der Waals surface area contributed by atoms with Crippen molar-refractivity contribution in [2.45, 2.75) is 12.3 Å². The number of pyridine rings is 1. The van der Waals surface area contributed by atoms with Gasteiger partial charge in [-0.05, 0) is 12.1 Å². The summed E-state index contributed by atoms with van der Waals surface area (Å²) < 4.78 is 42.5. The summed E-state index contributed by atoms with van der Waals surface area (Å²) in [5.74, 6) is -1.19. The Balaban J connectivity index is 2.25. The number of nitrogens with zero attached hydrogens (tertiary/aromatic N) is 2. The molecule has 1 aromatic rings. The lowest BCUT2D eigenvalue weighted by Gasteiger charge is -2.34. The fourth-order valence-electron chi connectivity index (χ4n) is 1.86. The van der Waals surface area contributed by atoms with Crippen LogP contribution in [0.4, 0.5) is 19.0 Å². The zero-order valence-corrected chi connectivity index (χ0v) is 9.72. The molecule has 2 rings (SSSR count). The van der Waals surface area contributed by atoms with Crippen molar-refractivity contribution < 1.29 is 27.8 Å². The van der Waals surface area contributed by atoms with Crippen molar-refractivity contribution in [3.8, 4) is 0 Å². The SMILES string of the molecule is O=C(O)c1cccnc1N1CCO[C@@H](C(F)(F)F)C1. The van der Waals surface area contributed by atoms with Gasteiger partial charge in [-0.3, -0.25) is 0 Å². The lowest BCUT2D eigenvalue weighted by Crippen LogP contribution is -2.49. The van der Waals surface area contributed by atoms with Crippen LogP contribution in [0.5, 0.6) is 0 Å². The van der Waals surface area contributed by atoms with Crippen LogP contribution in [0.25, 0.3) is 0 Å². The molecule has 0 saturated carbocycles. The number of aromatic nitrogens is 1. The number of ether oxygens (including phenoxy) is 1. The van der Waals surface area contributed by atoms with Gasteiger partial charge in [-0.1, -0.05) is 0 Å². The number of rotatable bonds is 2. The molecule has 8 heteroatoms. The highest BCUT2D eigenvalue weighted by Gasteiger charge is 2.44. The van der Waals surface area contributed by atoms with Crippen LogP contribution in [0.2, 0.25) is 0 Å². The summed E-state index contributed by atoms with van der Waals surface area (Å²) in [6.07, 6.45) is -5.05. The molecule has 0 unspecified atom stereocenters. The van der Waals surface area contributed by atoms with E-state index in [4.69, 9.17) is 5.11 Å². The highest BCUT2D eigenvalue weighted by atomic mass is 19.4. The second-order valence-electron chi connectivity index (χ2n) is 4.03.